The topological polar surface area (TPSA) is 76.4 Å². The molecular weight excluding hydrogens is 391 g/mol. The van der Waals surface area contributed by atoms with Crippen LogP contribution in [0.15, 0.2) is 60.0 Å². The minimum Gasteiger partial charge on any atom is -0.406 e. The lowest BCUT2D eigenvalue weighted by molar-refractivity contribution is -0.274. The quantitative estimate of drug-likeness (QED) is 0.497. The Hall–Kier alpha value is -3.20. The normalized spacial score (nSPS) is 11.1. The Morgan fingerprint density at radius 1 is 1.07 bits per heavy atom. The first-order valence-electron chi connectivity index (χ1n) is 8.14. The van der Waals surface area contributed by atoms with Gasteiger partial charge in [-0.25, -0.2) is 0 Å². The zero-order chi connectivity index (χ0) is 20.1. The second-order valence-electron chi connectivity index (χ2n) is 5.74. The van der Waals surface area contributed by atoms with Crippen molar-refractivity contribution in [3.63, 3.8) is 0 Å². The third kappa shape index (κ3) is 5.17. The number of amides is 1. The number of rotatable bonds is 6. The van der Waals surface area contributed by atoms with Gasteiger partial charge in [-0.05, 0) is 47.3 Å². The third-order valence-corrected chi connectivity index (χ3v) is 4.65. The van der Waals surface area contributed by atoms with Crippen molar-refractivity contribution in [3.05, 3.63) is 70.4 Å². The van der Waals surface area contributed by atoms with E-state index < -0.39 is 6.36 Å². The van der Waals surface area contributed by atoms with Crippen molar-refractivity contribution in [2.45, 2.75) is 12.9 Å². The number of alkyl halides is 3. The average Bonchev–Trinajstić information content (AvgIpc) is 3.10. The van der Waals surface area contributed by atoms with E-state index in [4.69, 9.17) is 5.73 Å². The smallest absolute Gasteiger partial charge is 0.406 e. The van der Waals surface area contributed by atoms with Crippen molar-refractivity contribution in [3.8, 4) is 5.75 Å². The van der Waals surface area contributed by atoms with E-state index in [-0.39, 0.29) is 11.7 Å². The molecule has 2 aromatic carbocycles. The van der Waals surface area contributed by atoms with Gasteiger partial charge >= 0.3 is 6.36 Å². The van der Waals surface area contributed by atoms with Crippen molar-refractivity contribution >= 4 is 34.3 Å². The van der Waals surface area contributed by atoms with Gasteiger partial charge in [0.15, 0.2) is 0 Å². The van der Waals surface area contributed by atoms with Crippen LogP contribution in [0.2, 0.25) is 0 Å². The number of nitrogen functional groups attached to an aromatic ring is 1. The van der Waals surface area contributed by atoms with Crippen LogP contribution in [-0.2, 0) is 6.54 Å². The zero-order valence-electron chi connectivity index (χ0n) is 14.4. The molecule has 0 unspecified atom stereocenters. The molecule has 0 spiro atoms. The average molecular weight is 407 g/mol. The van der Waals surface area contributed by atoms with E-state index in [1.54, 1.807) is 17.5 Å². The maximum atomic E-state index is 12.5. The van der Waals surface area contributed by atoms with Gasteiger partial charge in [-0.3, -0.25) is 4.79 Å². The van der Waals surface area contributed by atoms with Crippen molar-refractivity contribution in [2.24, 2.45) is 0 Å². The Kier molecular flexibility index (Phi) is 5.74. The molecule has 1 amide bonds. The van der Waals surface area contributed by atoms with Gasteiger partial charge in [0.2, 0.25) is 0 Å². The molecule has 0 fully saturated rings. The highest BCUT2D eigenvalue weighted by Gasteiger charge is 2.31. The number of carbonyl (C=O) groups excluding carboxylic acids is 1. The van der Waals surface area contributed by atoms with Crippen LogP contribution in [0.1, 0.15) is 15.2 Å². The molecule has 0 aliphatic heterocycles. The summed E-state index contributed by atoms with van der Waals surface area (Å²) in [5, 5.41) is 7.60. The summed E-state index contributed by atoms with van der Waals surface area (Å²) in [7, 11) is 0. The molecule has 0 saturated carbocycles. The van der Waals surface area contributed by atoms with Crippen LogP contribution < -0.4 is 21.1 Å². The van der Waals surface area contributed by atoms with Gasteiger partial charge in [0.25, 0.3) is 5.91 Å². The fourth-order valence-electron chi connectivity index (χ4n) is 2.44. The minimum absolute atomic E-state index is 0.353. The highest BCUT2D eigenvalue weighted by molar-refractivity contribution is 7.12. The van der Waals surface area contributed by atoms with Gasteiger partial charge in [-0.2, -0.15) is 0 Å². The molecule has 5 nitrogen and oxygen atoms in total. The molecule has 3 rings (SSSR count). The van der Waals surface area contributed by atoms with Crippen LogP contribution in [0.3, 0.4) is 0 Å². The molecule has 0 saturated heterocycles. The number of anilines is 3. The molecule has 146 valence electrons. The molecular formula is C19H16F3N3O2S. The monoisotopic (exact) mass is 407 g/mol. The van der Waals surface area contributed by atoms with Crippen LogP contribution in [-0.4, -0.2) is 12.3 Å². The molecule has 0 aliphatic rings. The second-order valence-corrected chi connectivity index (χ2v) is 6.66. The second kappa shape index (κ2) is 8.22. The maximum Gasteiger partial charge on any atom is 0.573 e. The lowest BCUT2D eigenvalue weighted by Crippen LogP contribution is -2.17. The van der Waals surface area contributed by atoms with Gasteiger partial charge in [-0.15, -0.1) is 24.5 Å². The molecule has 0 radical (unpaired) electrons. The Labute approximate surface area is 162 Å². The molecule has 0 bridgehead atoms. The molecule has 1 heterocycles. The number of hydrogen-bond donors (Lipinski definition) is 3. The SMILES string of the molecule is Nc1ccccc1CNc1ccsc1C(=O)Nc1ccc(OC(F)(F)F)cc1. The van der Waals surface area contributed by atoms with Crippen LogP contribution in [0, 0.1) is 0 Å². The Morgan fingerprint density at radius 3 is 2.46 bits per heavy atom. The Morgan fingerprint density at radius 2 is 1.79 bits per heavy atom. The summed E-state index contributed by atoms with van der Waals surface area (Å²) in [5.74, 6) is -0.729. The standard InChI is InChI=1S/C19H16F3N3O2S/c20-19(21,22)27-14-7-5-13(6-8-14)25-18(26)17-16(9-10-28-17)24-11-12-3-1-2-4-15(12)23/h1-10,24H,11,23H2,(H,25,26). The lowest BCUT2D eigenvalue weighted by Gasteiger charge is -2.11. The van der Waals surface area contributed by atoms with Crippen molar-refractivity contribution in [1.29, 1.82) is 0 Å². The predicted molar refractivity (Wildman–Crippen MR) is 104 cm³/mol. The Bertz CT molecular complexity index is 956. The van der Waals surface area contributed by atoms with E-state index in [1.165, 1.54) is 23.5 Å². The van der Waals surface area contributed by atoms with Gasteiger partial charge in [0.1, 0.15) is 10.6 Å². The van der Waals surface area contributed by atoms with E-state index in [9.17, 15) is 18.0 Å². The van der Waals surface area contributed by atoms with Crippen molar-refractivity contribution in [2.75, 3.05) is 16.4 Å². The number of ether oxygens (including phenoxy) is 1. The van der Waals surface area contributed by atoms with Crippen molar-refractivity contribution in [1.82, 2.24) is 0 Å². The largest absolute Gasteiger partial charge is 0.573 e. The van der Waals surface area contributed by atoms with E-state index in [0.717, 1.165) is 17.7 Å². The summed E-state index contributed by atoms with van der Waals surface area (Å²) in [6.07, 6.45) is -4.76. The Balaban J connectivity index is 1.64. The number of hydrogen-bond acceptors (Lipinski definition) is 5. The molecule has 28 heavy (non-hydrogen) atoms. The highest BCUT2D eigenvalue weighted by Crippen LogP contribution is 2.27. The van der Waals surface area contributed by atoms with E-state index in [0.29, 0.717) is 28.5 Å². The first-order chi connectivity index (χ1) is 13.3. The lowest BCUT2D eigenvalue weighted by atomic mass is 10.2. The molecule has 4 N–H and O–H groups in total. The first-order valence-corrected chi connectivity index (χ1v) is 9.02. The summed E-state index contributed by atoms with van der Waals surface area (Å²) in [4.78, 5) is 13.0. The maximum absolute atomic E-state index is 12.5. The summed E-state index contributed by atoms with van der Waals surface area (Å²) >= 11 is 1.25. The number of nitrogens with one attached hydrogen (secondary N) is 2. The van der Waals surface area contributed by atoms with Crippen molar-refractivity contribution < 1.29 is 22.7 Å². The summed E-state index contributed by atoms with van der Waals surface area (Å²) in [5.41, 5.74) is 8.46. The molecule has 0 atom stereocenters. The van der Waals surface area contributed by atoms with E-state index in [2.05, 4.69) is 15.4 Å². The fraction of sp³-hybridized carbons (Fsp3) is 0.105. The minimum atomic E-state index is -4.76. The first kappa shape index (κ1) is 19.6. The number of benzene rings is 2. The summed E-state index contributed by atoms with van der Waals surface area (Å²) < 4.78 is 40.4. The van der Waals surface area contributed by atoms with Gasteiger partial charge in [0.05, 0.1) is 5.69 Å². The number of carbonyl (C=O) groups is 1. The predicted octanol–water partition coefficient (Wildman–Crippen LogP) is 5.09. The molecule has 0 aliphatic carbocycles. The van der Waals surface area contributed by atoms with Crippen LogP contribution in [0.5, 0.6) is 5.75 Å². The highest BCUT2D eigenvalue weighted by atomic mass is 32.1. The fourth-order valence-corrected chi connectivity index (χ4v) is 3.20. The number of nitrogens with two attached hydrogens (primary N) is 1. The number of halogens is 3. The third-order valence-electron chi connectivity index (χ3n) is 3.74. The number of para-hydroxylation sites is 1. The summed E-state index contributed by atoms with van der Waals surface area (Å²) in [6, 6.07) is 14.1. The van der Waals surface area contributed by atoms with E-state index >= 15 is 0 Å². The van der Waals surface area contributed by atoms with Crippen LogP contribution in [0.4, 0.5) is 30.2 Å². The molecule has 9 heteroatoms. The molecule has 3 aromatic rings. The van der Waals surface area contributed by atoms with Gasteiger partial charge < -0.3 is 21.1 Å². The van der Waals surface area contributed by atoms with E-state index in [1.807, 2.05) is 18.2 Å². The van der Waals surface area contributed by atoms with Crippen LogP contribution in [0.25, 0.3) is 0 Å². The van der Waals surface area contributed by atoms with Gasteiger partial charge in [-0.1, -0.05) is 18.2 Å². The summed E-state index contributed by atoms with van der Waals surface area (Å²) in [6.45, 7) is 0.452. The van der Waals surface area contributed by atoms with Crippen LogP contribution >= 0.6 is 11.3 Å². The van der Waals surface area contributed by atoms with Gasteiger partial charge in [0, 0.05) is 17.9 Å². The molecule has 1 aromatic heterocycles. The zero-order valence-corrected chi connectivity index (χ0v) is 15.2. The number of thiophene rings is 1.